The fraction of sp³-hybridized carbons (Fsp3) is 0.429. The van der Waals surface area contributed by atoms with Gasteiger partial charge in [0.2, 0.25) is 11.5 Å². The molecule has 3 aromatic rings. The van der Waals surface area contributed by atoms with Crippen molar-refractivity contribution in [3.8, 4) is 11.1 Å². The summed E-state index contributed by atoms with van der Waals surface area (Å²) in [5, 5.41) is 2.38. The second-order valence-corrected chi connectivity index (χ2v) is 10.5. The van der Waals surface area contributed by atoms with Crippen molar-refractivity contribution in [2.45, 2.75) is 32.1 Å². The molecule has 0 spiro atoms. The summed E-state index contributed by atoms with van der Waals surface area (Å²) < 4.78 is 62.8. The van der Waals surface area contributed by atoms with E-state index < -0.39 is 34.6 Å². The first-order chi connectivity index (χ1) is 19.9. The Bertz CT molecular complexity index is 1490. The number of carbonyl (C=O) groups excluding carboxylic acids is 1. The van der Waals surface area contributed by atoms with Crippen LogP contribution < -0.4 is 20.7 Å². The maximum absolute atomic E-state index is 16.4. The lowest BCUT2D eigenvalue weighted by Crippen LogP contribution is -2.55. The number of morpholine rings is 1. The molecule has 1 amide bonds. The van der Waals surface area contributed by atoms with Crippen LogP contribution in [0.2, 0.25) is 0 Å². The van der Waals surface area contributed by atoms with Crippen LogP contribution in [0.4, 0.5) is 34.9 Å². The number of nitrogens with one attached hydrogen (secondary N) is 2. The lowest BCUT2D eigenvalue weighted by atomic mass is 10.0. The first kappa shape index (κ1) is 29.5. The van der Waals surface area contributed by atoms with Crippen molar-refractivity contribution in [1.29, 1.82) is 0 Å². The van der Waals surface area contributed by atoms with Gasteiger partial charge in [-0.3, -0.25) is 14.5 Å². The predicted molar refractivity (Wildman–Crippen MR) is 149 cm³/mol. The van der Waals surface area contributed by atoms with Gasteiger partial charge < -0.3 is 24.8 Å². The molecule has 2 atom stereocenters. The van der Waals surface area contributed by atoms with Gasteiger partial charge in [0.25, 0.3) is 5.91 Å². The first-order valence-corrected chi connectivity index (χ1v) is 13.5. The molecule has 42 heavy (non-hydrogen) atoms. The lowest BCUT2D eigenvalue weighted by Gasteiger charge is -2.44. The Morgan fingerprint density at radius 1 is 1.07 bits per heavy atom. The van der Waals surface area contributed by atoms with Crippen LogP contribution in [0.15, 0.2) is 41.6 Å². The highest BCUT2D eigenvalue weighted by Crippen LogP contribution is 2.38. The van der Waals surface area contributed by atoms with Gasteiger partial charge in [0.05, 0.1) is 30.0 Å². The van der Waals surface area contributed by atoms with Crippen LogP contribution in [0, 0.1) is 5.82 Å². The summed E-state index contributed by atoms with van der Waals surface area (Å²) in [7, 11) is 1.98. The van der Waals surface area contributed by atoms with Crippen LogP contribution in [0.3, 0.4) is 0 Å². The van der Waals surface area contributed by atoms with E-state index in [2.05, 4.69) is 25.2 Å². The number of ether oxygens (including phenoxy) is 1. The number of aromatic nitrogens is 3. The number of halogens is 4. The van der Waals surface area contributed by atoms with Gasteiger partial charge in [0.1, 0.15) is 5.69 Å². The van der Waals surface area contributed by atoms with E-state index in [-0.39, 0.29) is 23.3 Å². The Labute approximate surface area is 239 Å². The molecular weight excluding hydrogens is 558 g/mol. The number of hydrogen-bond acceptors (Lipinski definition) is 8. The second kappa shape index (κ2) is 11.7. The molecule has 0 aliphatic carbocycles. The van der Waals surface area contributed by atoms with Gasteiger partial charge in [-0.25, -0.2) is 14.4 Å². The molecule has 2 saturated heterocycles. The third-order valence-electron chi connectivity index (χ3n) is 7.78. The highest BCUT2D eigenvalue weighted by molar-refractivity contribution is 6.07. The van der Waals surface area contributed by atoms with E-state index in [1.807, 2.05) is 30.7 Å². The van der Waals surface area contributed by atoms with E-state index in [9.17, 15) is 22.8 Å². The fourth-order valence-electron chi connectivity index (χ4n) is 5.23. The molecule has 0 saturated carbocycles. The summed E-state index contributed by atoms with van der Waals surface area (Å²) in [6.45, 7) is 7.32. The third kappa shape index (κ3) is 5.95. The van der Waals surface area contributed by atoms with Crippen molar-refractivity contribution in [3.05, 3.63) is 64.1 Å². The maximum atomic E-state index is 16.4. The van der Waals surface area contributed by atoms with Crippen molar-refractivity contribution in [3.63, 3.8) is 0 Å². The van der Waals surface area contributed by atoms with Crippen molar-refractivity contribution in [2.75, 3.05) is 61.6 Å². The molecule has 2 aliphatic heterocycles. The van der Waals surface area contributed by atoms with Gasteiger partial charge in [-0.15, -0.1) is 0 Å². The maximum Gasteiger partial charge on any atom is 0.417 e. The normalized spacial score (nSPS) is 20.1. The number of piperazine rings is 1. The molecule has 224 valence electrons. The highest BCUT2D eigenvalue weighted by Gasteiger charge is 2.37. The number of carbonyl (C=O) groups is 1. The molecule has 10 nitrogen and oxygen atoms in total. The second-order valence-electron chi connectivity index (χ2n) is 10.5. The molecule has 1 aromatic carbocycles. The number of pyridine rings is 1. The minimum atomic E-state index is -4.98. The van der Waals surface area contributed by atoms with Crippen LogP contribution in [-0.2, 0) is 10.9 Å². The number of hydrogen-bond donors (Lipinski definition) is 2. The minimum absolute atomic E-state index is 0.0651. The van der Waals surface area contributed by atoms with Crippen LogP contribution in [0.25, 0.3) is 11.1 Å². The summed E-state index contributed by atoms with van der Waals surface area (Å²) in [5.41, 5.74) is -2.85. The predicted octanol–water partition coefficient (Wildman–Crippen LogP) is 3.61. The largest absolute Gasteiger partial charge is 0.417 e. The molecule has 2 N–H and O–H groups in total. The Morgan fingerprint density at radius 3 is 2.33 bits per heavy atom. The SMILES string of the molecule is C[C@@H]1CN(c2ccc(-c3cnc(N4CCOCC4)nc3)c(F)c2NC(=O)c2c[nH]c(=O)cc2C(F)(F)F)C[C@H](C)N1C. The molecule has 0 bridgehead atoms. The number of benzene rings is 1. The number of rotatable bonds is 5. The first-order valence-electron chi connectivity index (χ1n) is 13.5. The van der Waals surface area contributed by atoms with E-state index in [4.69, 9.17) is 4.74 Å². The fourth-order valence-corrected chi connectivity index (χ4v) is 5.23. The zero-order chi connectivity index (χ0) is 30.2. The molecule has 2 aromatic heterocycles. The van der Waals surface area contributed by atoms with E-state index >= 15 is 4.39 Å². The van der Waals surface area contributed by atoms with Gasteiger partial charge in [-0.1, -0.05) is 0 Å². The van der Waals surface area contributed by atoms with Crippen molar-refractivity contribution >= 4 is 23.2 Å². The van der Waals surface area contributed by atoms with Crippen molar-refractivity contribution in [1.82, 2.24) is 19.9 Å². The lowest BCUT2D eigenvalue weighted by molar-refractivity contribution is -0.138. The van der Waals surface area contributed by atoms with E-state index in [0.717, 1.165) is 0 Å². The van der Waals surface area contributed by atoms with Crippen LogP contribution in [0.5, 0.6) is 0 Å². The quantitative estimate of drug-likeness (QED) is 0.435. The van der Waals surface area contributed by atoms with Gasteiger partial charge in [0.15, 0.2) is 5.82 Å². The van der Waals surface area contributed by atoms with Crippen molar-refractivity contribution < 1.29 is 27.1 Å². The molecule has 5 rings (SSSR count). The monoisotopic (exact) mass is 589 g/mol. The third-order valence-corrected chi connectivity index (χ3v) is 7.78. The number of aromatic amines is 1. The standard InChI is InChI=1S/C28H31F4N7O3/c1-16-14-39(15-17(2)37(16)3)22-5-4-19(18-11-34-27(35-12-18)38-6-8-42-9-7-38)24(29)25(22)36-26(41)20-13-33-23(40)10-21(20)28(30,31)32/h4-5,10-13,16-17H,6-9,14-15H2,1-3H3,(H,33,40)(H,36,41)/t16-,17+. The number of anilines is 3. The number of H-pyrrole nitrogens is 1. The van der Waals surface area contributed by atoms with Gasteiger partial charge in [-0.05, 0) is 33.0 Å². The van der Waals surface area contributed by atoms with Gasteiger partial charge >= 0.3 is 6.18 Å². The Morgan fingerprint density at radius 2 is 1.71 bits per heavy atom. The summed E-state index contributed by atoms with van der Waals surface area (Å²) in [6.07, 6.45) is -1.37. The molecule has 2 fully saturated rings. The zero-order valence-corrected chi connectivity index (χ0v) is 23.3. The van der Waals surface area contributed by atoms with Crippen LogP contribution >= 0.6 is 0 Å². The molecule has 0 radical (unpaired) electrons. The molecule has 14 heteroatoms. The average Bonchev–Trinajstić information content (AvgIpc) is 2.96. The van der Waals surface area contributed by atoms with Gasteiger partial charge in [0, 0.05) is 74.0 Å². The van der Waals surface area contributed by atoms with Crippen molar-refractivity contribution in [2.24, 2.45) is 0 Å². The summed E-state index contributed by atoms with van der Waals surface area (Å²) >= 11 is 0. The zero-order valence-electron chi connectivity index (χ0n) is 23.3. The smallest absolute Gasteiger partial charge is 0.378 e. The molecule has 2 aliphatic rings. The Hall–Kier alpha value is -4.04. The van der Waals surface area contributed by atoms with E-state index in [1.165, 1.54) is 12.4 Å². The van der Waals surface area contributed by atoms with Crippen LogP contribution in [-0.4, -0.2) is 84.3 Å². The van der Waals surface area contributed by atoms with Crippen LogP contribution in [0.1, 0.15) is 29.8 Å². The molecular formula is C28H31F4N7O3. The Kier molecular flexibility index (Phi) is 8.19. The Balaban J connectivity index is 1.55. The molecule has 4 heterocycles. The summed E-state index contributed by atoms with van der Waals surface area (Å²) in [5.74, 6) is -1.60. The number of alkyl halides is 3. The summed E-state index contributed by atoms with van der Waals surface area (Å²) in [6, 6.07) is 3.64. The number of nitrogens with zero attached hydrogens (tertiary/aromatic N) is 5. The van der Waals surface area contributed by atoms with E-state index in [0.29, 0.717) is 68.9 Å². The average molecular weight is 590 g/mol. The molecule has 0 unspecified atom stereocenters. The van der Waals surface area contributed by atoms with Gasteiger partial charge in [-0.2, -0.15) is 13.2 Å². The minimum Gasteiger partial charge on any atom is -0.378 e. The van der Waals surface area contributed by atoms with E-state index in [1.54, 1.807) is 12.1 Å². The summed E-state index contributed by atoms with van der Waals surface area (Å²) in [4.78, 5) is 41.7. The topological polar surface area (TPSA) is 107 Å². The number of amides is 1. The highest BCUT2D eigenvalue weighted by atomic mass is 19.4. The number of likely N-dealkylation sites (N-methyl/N-ethyl adjacent to an activating group) is 1.